The van der Waals surface area contributed by atoms with Gasteiger partial charge in [-0.25, -0.2) is 0 Å². The second-order valence-electron chi connectivity index (χ2n) is 5.98. The van der Waals surface area contributed by atoms with Gasteiger partial charge >= 0.3 is 0 Å². The minimum Gasteiger partial charge on any atom is -0.488 e. The van der Waals surface area contributed by atoms with Gasteiger partial charge in [-0.05, 0) is 66.9 Å². The first-order chi connectivity index (χ1) is 12.1. The molecule has 0 aliphatic carbocycles. The van der Waals surface area contributed by atoms with Gasteiger partial charge in [0.05, 0.1) is 5.69 Å². The van der Waals surface area contributed by atoms with Crippen LogP contribution in [0.4, 0.5) is 5.69 Å². The Labute approximate surface area is 157 Å². The van der Waals surface area contributed by atoms with Crippen molar-refractivity contribution in [1.29, 1.82) is 0 Å². The maximum absolute atomic E-state index is 5.99. The Morgan fingerprint density at radius 2 is 1.68 bits per heavy atom. The zero-order chi connectivity index (χ0) is 17.6. The molecule has 0 atom stereocenters. The van der Waals surface area contributed by atoms with Crippen molar-refractivity contribution in [1.82, 2.24) is 0 Å². The van der Waals surface area contributed by atoms with Crippen molar-refractivity contribution in [2.24, 2.45) is 4.99 Å². The highest BCUT2D eigenvalue weighted by molar-refractivity contribution is 9.10. The number of halogens is 1. The highest BCUT2D eigenvalue weighted by atomic mass is 79.9. The molecular formula is C22H20BrNO. The first-order valence-electron chi connectivity index (χ1n) is 8.19. The second-order valence-corrected chi connectivity index (χ2v) is 6.90. The third-order valence-electron chi connectivity index (χ3n) is 4.07. The van der Waals surface area contributed by atoms with Gasteiger partial charge in [0.2, 0.25) is 0 Å². The molecule has 0 amide bonds. The van der Waals surface area contributed by atoms with Gasteiger partial charge in [0.25, 0.3) is 0 Å². The number of hydrogen-bond donors (Lipinski definition) is 0. The average Bonchev–Trinajstić information content (AvgIpc) is 2.63. The summed E-state index contributed by atoms with van der Waals surface area (Å²) in [5, 5.41) is 0. The van der Waals surface area contributed by atoms with Crippen LogP contribution < -0.4 is 4.74 Å². The Morgan fingerprint density at radius 1 is 0.920 bits per heavy atom. The van der Waals surface area contributed by atoms with Gasteiger partial charge in [-0.3, -0.25) is 4.99 Å². The van der Waals surface area contributed by atoms with Crippen LogP contribution in [0.1, 0.15) is 22.3 Å². The fourth-order valence-electron chi connectivity index (χ4n) is 2.41. The normalized spacial score (nSPS) is 11.0. The van der Waals surface area contributed by atoms with Crippen molar-refractivity contribution in [2.75, 3.05) is 0 Å². The van der Waals surface area contributed by atoms with Gasteiger partial charge in [-0.2, -0.15) is 0 Å². The predicted molar refractivity (Wildman–Crippen MR) is 108 cm³/mol. The van der Waals surface area contributed by atoms with E-state index in [0.29, 0.717) is 6.61 Å². The lowest BCUT2D eigenvalue weighted by molar-refractivity contribution is 0.306. The van der Waals surface area contributed by atoms with E-state index in [2.05, 4.69) is 59.0 Å². The number of rotatable bonds is 5. The van der Waals surface area contributed by atoms with Crippen molar-refractivity contribution >= 4 is 27.8 Å². The van der Waals surface area contributed by atoms with E-state index >= 15 is 0 Å². The minimum atomic E-state index is 0.530. The quantitative estimate of drug-likeness (QED) is 0.459. The molecule has 0 saturated heterocycles. The highest BCUT2D eigenvalue weighted by Crippen LogP contribution is 2.21. The molecule has 0 radical (unpaired) electrons. The molecule has 126 valence electrons. The Balaban J connectivity index is 1.74. The third kappa shape index (κ3) is 4.80. The topological polar surface area (TPSA) is 21.6 Å². The summed E-state index contributed by atoms with van der Waals surface area (Å²) in [7, 11) is 0. The Hall–Kier alpha value is -2.39. The molecular weight excluding hydrogens is 374 g/mol. The van der Waals surface area contributed by atoms with Crippen LogP contribution in [0, 0.1) is 13.8 Å². The van der Waals surface area contributed by atoms with Crippen LogP contribution in [0.5, 0.6) is 5.75 Å². The lowest BCUT2D eigenvalue weighted by Gasteiger charge is -2.09. The molecule has 0 spiro atoms. The van der Waals surface area contributed by atoms with Crippen LogP contribution in [-0.4, -0.2) is 6.21 Å². The maximum Gasteiger partial charge on any atom is 0.128 e. The lowest BCUT2D eigenvalue weighted by Crippen LogP contribution is -1.98. The summed E-state index contributed by atoms with van der Waals surface area (Å²) in [6.45, 7) is 4.74. The number of aliphatic imine (C=N–C) groups is 1. The van der Waals surface area contributed by atoms with E-state index < -0.39 is 0 Å². The summed E-state index contributed by atoms with van der Waals surface area (Å²) in [5.74, 6) is 0.831. The fraction of sp³-hybridized carbons (Fsp3) is 0.136. The van der Waals surface area contributed by atoms with Crippen LogP contribution in [-0.2, 0) is 6.61 Å². The number of hydrogen-bond acceptors (Lipinski definition) is 2. The highest BCUT2D eigenvalue weighted by Gasteiger charge is 2.02. The van der Waals surface area contributed by atoms with E-state index in [0.717, 1.165) is 27.0 Å². The molecule has 3 aromatic rings. The molecule has 3 aromatic carbocycles. The summed E-state index contributed by atoms with van der Waals surface area (Å²) in [6.07, 6.45) is 1.86. The number of benzene rings is 3. The van der Waals surface area contributed by atoms with Gasteiger partial charge in [0.1, 0.15) is 12.4 Å². The van der Waals surface area contributed by atoms with Crippen LogP contribution in [0.15, 0.2) is 76.2 Å². The van der Waals surface area contributed by atoms with Crippen molar-refractivity contribution in [3.05, 3.63) is 93.5 Å². The second kappa shape index (κ2) is 8.13. The van der Waals surface area contributed by atoms with E-state index in [9.17, 15) is 0 Å². The molecule has 0 N–H and O–H groups in total. The minimum absolute atomic E-state index is 0.530. The van der Waals surface area contributed by atoms with Crippen molar-refractivity contribution in [3.8, 4) is 5.75 Å². The van der Waals surface area contributed by atoms with E-state index in [-0.39, 0.29) is 0 Å². The van der Waals surface area contributed by atoms with Crippen LogP contribution in [0.3, 0.4) is 0 Å². The van der Waals surface area contributed by atoms with Gasteiger partial charge in [-0.1, -0.05) is 46.3 Å². The maximum atomic E-state index is 5.99. The van der Waals surface area contributed by atoms with Crippen molar-refractivity contribution in [3.63, 3.8) is 0 Å². The first-order valence-corrected chi connectivity index (χ1v) is 8.99. The molecule has 0 saturated carbocycles. The van der Waals surface area contributed by atoms with Gasteiger partial charge < -0.3 is 4.74 Å². The van der Waals surface area contributed by atoms with Crippen molar-refractivity contribution < 1.29 is 4.74 Å². The van der Waals surface area contributed by atoms with Crippen LogP contribution in [0.25, 0.3) is 0 Å². The van der Waals surface area contributed by atoms with E-state index in [1.807, 2.05) is 48.7 Å². The number of ether oxygens (including phenoxy) is 1. The van der Waals surface area contributed by atoms with Crippen LogP contribution >= 0.6 is 15.9 Å². The average molecular weight is 394 g/mol. The molecule has 0 aromatic heterocycles. The summed E-state index contributed by atoms with van der Waals surface area (Å²) in [5.41, 5.74) is 5.57. The molecule has 0 bridgehead atoms. The van der Waals surface area contributed by atoms with E-state index in [1.54, 1.807) is 0 Å². The van der Waals surface area contributed by atoms with E-state index in [1.165, 1.54) is 11.1 Å². The molecule has 2 nitrogen and oxygen atoms in total. The molecule has 0 fully saturated rings. The largest absolute Gasteiger partial charge is 0.488 e. The Morgan fingerprint density at radius 3 is 2.44 bits per heavy atom. The van der Waals surface area contributed by atoms with E-state index in [4.69, 9.17) is 4.74 Å². The predicted octanol–water partition coefficient (Wildman–Crippen LogP) is 6.40. The van der Waals surface area contributed by atoms with Gasteiger partial charge in [0.15, 0.2) is 0 Å². The molecule has 0 aliphatic rings. The number of nitrogens with zero attached hydrogens (tertiary/aromatic N) is 1. The number of aryl methyl sites for hydroxylation is 2. The van der Waals surface area contributed by atoms with Gasteiger partial charge in [0, 0.05) is 16.3 Å². The van der Waals surface area contributed by atoms with Crippen molar-refractivity contribution in [2.45, 2.75) is 20.5 Å². The Bertz CT molecular complexity index is 885. The summed E-state index contributed by atoms with van der Waals surface area (Å²) < 4.78 is 7.05. The lowest BCUT2D eigenvalue weighted by atomic mass is 10.1. The molecule has 0 heterocycles. The van der Waals surface area contributed by atoms with Gasteiger partial charge in [-0.15, -0.1) is 0 Å². The molecule has 0 aliphatic heterocycles. The Kier molecular flexibility index (Phi) is 5.67. The third-order valence-corrected chi connectivity index (χ3v) is 4.60. The zero-order valence-electron chi connectivity index (χ0n) is 14.4. The standard InChI is InChI=1S/C22H20BrNO/c1-16-7-12-21(13-17(16)2)24-14-19-5-3-4-6-22(19)25-15-18-8-10-20(23)11-9-18/h3-14H,15H2,1-2H3. The SMILES string of the molecule is Cc1ccc(N=Cc2ccccc2OCc2ccc(Br)cc2)cc1C. The smallest absolute Gasteiger partial charge is 0.128 e. The molecule has 3 heteroatoms. The zero-order valence-corrected chi connectivity index (χ0v) is 16.0. The molecule has 25 heavy (non-hydrogen) atoms. The van der Waals surface area contributed by atoms with Crippen LogP contribution in [0.2, 0.25) is 0 Å². The number of para-hydroxylation sites is 1. The summed E-state index contributed by atoms with van der Waals surface area (Å²) in [6, 6.07) is 22.3. The molecule has 3 rings (SSSR count). The fourth-order valence-corrected chi connectivity index (χ4v) is 2.67. The monoisotopic (exact) mass is 393 g/mol. The molecule has 0 unspecified atom stereocenters. The summed E-state index contributed by atoms with van der Waals surface area (Å²) in [4.78, 5) is 4.59. The first kappa shape index (κ1) is 17.4. The summed E-state index contributed by atoms with van der Waals surface area (Å²) >= 11 is 3.45.